The number of hydrogen-bond acceptors (Lipinski definition) is 4. The molecule has 0 radical (unpaired) electrons. The predicted molar refractivity (Wildman–Crippen MR) is 107 cm³/mol. The maximum absolute atomic E-state index is 13.4. The van der Waals surface area contributed by atoms with Crippen LogP contribution in [0.2, 0.25) is 0 Å². The van der Waals surface area contributed by atoms with Crippen LogP contribution in [0.5, 0.6) is 5.75 Å². The molecular formula is C22H24FN3O. The first kappa shape index (κ1) is 17.7. The molecule has 4 rings (SSSR count). The first-order valence-corrected chi connectivity index (χ1v) is 9.30. The Morgan fingerprint density at radius 3 is 2.63 bits per heavy atom. The highest BCUT2D eigenvalue weighted by Crippen LogP contribution is 2.30. The Bertz CT molecular complexity index is 951. The highest BCUT2D eigenvalue weighted by Gasteiger charge is 2.20. The third-order valence-corrected chi connectivity index (χ3v) is 5.22. The maximum atomic E-state index is 13.4. The molecule has 3 aromatic rings. The van der Waals surface area contributed by atoms with E-state index in [2.05, 4.69) is 47.1 Å². The van der Waals surface area contributed by atoms with E-state index in [1.807, 2.05) is 0 Å². The third-order valence-electron chi connectivity index (χ3n) is 5.22. The molecular weight excluding hydrogens is 341 g/mol. The zero-order valence-corrected chi connectivity index (χ0v) is 15.8. The van der Waals surface area contributed by atoms with E-state index in [0.717, 1.165) is 49.6 Å². The molecule has 0 amide bonds. The van der Waals surface area contributed by atoms with Gasteiger partial charge in [-0.25, -0.2) is 4.39 Å². The molecule has 4 nitrogen and oxygen atoms in total. The lowest BCUT2D eigenvalue weighted by Gasteiger charge is -2.36. The molecule has 5 heteroatoms. The lowest BCUT2D eigenvalue weighted by molar-refractivity contribution is 0.246. The van der Waals surface area contributed by atoms with Gasteiger partial charge in [-0.05, 0) is 30.7 Å². The smallest absolute Gasteiger partial charge is 0.145 e. The van der Waals surface area contributed by atoms with Crippen LogP contribution >= 0.6 is 0 Å². The first-order chi connectivity index (χ1) is 13.1. The lowest BCUT2D eigenvalue weighted by atomic mass is 10.1. The fourth-order valence-corrected chi connectivity index (χ4v) is 3.71. The number of hydrogen-bond donors (Lipinski definition) is 0. The van der Waals surface area contributed by atoms with Crippen molar-refractivity contribution in [2.24, 2.45) is 0 Å². The number of benzene rings is 2. The number of para-hydroxylation sites is 1. The molecule has 0 unspecified atom stereocenters. The molecule has 1 aliphatic heterocycles. The Morgan fingerprint density at radius 2 is 1.85 bits per heavy atom. The van der Waals surface area contributed by atoms with Crippen molar-refractivity contribution in [2.45, 2.75) is 13.5 Å². The Morgan fingerprint density at radius 1 is 1.04 bits per heavy atom. The van der Waals surface area contributed by atoms with Crippen LogP contribution in [-0.2, 0) is 6.54 Å². The van der Waals surface area contributed by atoms with Gasteiger partial charge >= 0.3 is 0 Å². The number of aryl methyl sites for hydroxylation is 1. The molecule has 0 saturated carbocycles. The van der Waals surface area contributed by atoms with Crippen LogP contribution in [0.4, 0.5) is 10.1 Å². The van der Waals surface area contributed by atoms with Gasteiger partial charge in [-0.1, -0.05) is 24.3 Å². The van der Waals surface area contributed by atoms with Gasteiger partial charge in [-0.2, -0.15) is 0 Å². The number of halogens is 1. The molecule has 0 atom stereocenters. The van der Waals surface area contributed by atoms with E-state index in [-0.39, 0.29) is 5.82 Å². The van der Waals surface area contributed by atoms with Crippen molar-refractivity contribution in [3.05, 3.63) is 65.6 Å². The van der Waals surface area contributed by atoms with E-state index in [9.17, 15) is 4.39 Å². The molecule has 0 bridgehead atoms. The van der Waals surface area contributed by atoms with Crippen LogP contribution in [0.1, 0.15) is 11.3 Å². The topological polar surface area (TPSA) is 28.6 Å². The van der Waals surface area contributed by atoms with Gasteiger partial charge in [-0.3, -0.25) is 9.88 Å². The number of ether oxygens (including phenoxy) is 1. The molecule has 1 saturated heterocycles. The van der Waals surface area contributed by atoms with E-state index in [0.29, 0.717) is 5.75 Å². The van der Waals surface area contributed by atoms with Crippen LogP contribution in [0.3, 0.4) is 0 Å². The third kappa shape index (κ3) is 3.74. The van der Waals surface area contributed by atoms with Gasteiger partial charge in [0.15, 0.2) is 0 Å². The van der Waals surface area contributed by atoms with Gasteiger partial charge < -0.3 is 9.64 Å². The Hall–Kier alpha value is -2.66. The fourth-order valence-electron chi connectivity index (χ4n) is 3.71. The van der Waals surface area contributed by atoms with Crippen LogP contribution in [0.25, 0.3) is 10.9 Å². The summed E-state index contributed by atoms with van der Waals surface area (Å²) in [5, 5.41) is 1.19. The summed E-state index contributed by atoms with van der Waals surface area (Å²) in [7, 11) is 1.59. The van der Waals surface area contributed by atoms with Crippen molar-refractivity contribution in [2.75, 3.05) is 38.2 Å². The summed E-state index contributed by atoms with van der Waals surface area (Å²) in [6.45, 7) is 6.60. The summed E-state index contributed by atoms with van der Waals surface area (Å²) in [6, 6.07) is 15.3. The average molecular weight is 365 g/mol. The Labute approximate surface area is 159 Å². The van der Waals surface area contributed by atoms with Crippen LogP contribution < -0.4 is 9.64 Å². The normalized spacial score (nSPS) is 15.3. The zero-order valence-electron chi connectivity index (χ0n) is 15.8. The minimum atomic E-state index is -0.271. The van der Waals surface area contributed by atoms with E-state index >= 15 is 0 Å². The van der Waals surface area contributed by atoms with E-state index < -0.39 is 0 Å². The minimum absolute atomic E-state index is 0.271. The number of aromatic nitrogens is 1. The standard InChI is InChI=1S/C22H24FN3O/c1-16-4-3-5-17-6-8-19(24-22(16)17)15-25-10-12-26(13-11-25)20-9-7-18(23)14-21(20)27-2/h3-9,14H,10-13,15H2,1-2H3. The number of rotatable bonds is 4. The Balaban J connectivity index is 1.43. The zero-order chi connectivity index (χ0) is 18.8. The molecule has 0 aliphatic carbocycles. The Kier molecular flexibility index (Phi) is 4.94. The summed E-state index contributed by atoms with van der Waals surface area (Å²) in [5.41, 5.74) is 4.36. The predicted octanol–water partition coefficient (Wildman–Crippen LogP) is 4.01. The summed E-state index contributed by atoms with van der Waals surface area (Å²) in [4.78, 5) is 9.54. The molecule has 27 heavy (non-hydrogen) atoms. The number of anilines is 1. The summed E-state index contributed by atoms with van der Waals surface area (Å²) >= 11 is 0. The van der Waals surface area contributed by atoms with E-state index in [1.165, 1.54) is 23.1 Å². The van der Waals surface area contributed by atoms with Gasteiger partial charge in [0.05, 0.1) is 24.0 Å². The van der Waals surface area contributed by atoms with Crippen LogP contribution in [-0.4, -0.2) is 43.2 Å². The number of fused-ring (bicyclic) bond motifs is 1. The van der Waals surface area contributed by atoms with E-state index in [4.69, 9.17) is 9.72 Å². The quantitative estimate of drug-likeness (QED) is 0.698. The van der Waals surface area contributed by atoms with Crippen molar-refractivity contribution in [1.29, 1.82) is 0 Å². The number of methoxy groups -OCH3 is 1. The molecule has 1 aliphatic rings. The second-order valence-corrected chi connectivity index (χ2v) is 7.03. The van der Waals surface area contributed by atoms with Crippen molar-refractivity contribution < 1.29 is 9.13 Å². The number of pyridine rings is 1. The summed E-state index contributed by atoms with van der Waals surface area (Å²) in [5.74, 6) is 0.321. The molecule has 1 aromatic heterocycles. The highest BCUT2D eigenvalue weighted by molar-refractivity contribution is 5.81. The van der Waals surface area contributed by atoms with Gasteiger partial charge in [0.25, 0.3) is 0 Å². The largest absolute Gasteiger partial charge is 0.494 e. The van der Waals surface area contributed by atoms with Crippen molar-refractivity contribution in [3.63, 3.8) is 0 Å². The minimum Gasteiger partial charge on any atom is -0.494 e. The molecule has 0 spiro atoms. The van der Waals surface area contributed by atoms with E-state index in [1.54, 1.807) is 13.2 Å². The summed E-state index contributed by atoms with van der Waals surface area (Å²) in [6.07, 6.45) is 0. The van der Waals surface area contributed by atoms with Crippen LogP contribution in [0.15, 0.2) is 48.5 Å². The molecule has 2 heterocycles. The molecule has 0 N–H and O–H groups in total. The lowest BCUT2D eigenvalue weighted by Crippen LogP contribution is -2.46. The number of piperazine rings is 1. The number of nitrogens with zero attached hydrogens (tertiary/aromatic N) is 3. The van der Waals surface area contributed by atoms with Crippen molar-refractivity contribution in [1.82, 2.24) is 9.88 Å². The summed E-state index contributed by atoms with van der Waals surface area (Å²) < 4.78 is 18.8. The fraction of sp³-hybridized carbons (Fsp3) is 0.318. The second kappa shape index (κ2) is 7.53. The van der Waals surface area contributed by atoms with Crippen molar-refractivity contribution in [3.8, 4) is 5.75 Å². The molecule has 1 fully saturated rings. The van der Waals surface area contributed by atoms with Gasteiger partial charge in [0.2, 0.25) is 0 Å². The molecule has 140 valence electrons. The van der Waals surface area contributed by atoms with Gasteiger partial charge in [-0.15, -0.1) is 0 Å². The van der Waals surface area contributed by atoms with Gasteiger partial charge in [0.1, 0.15) is 11.6 Å². The highest BCUT2D eigenvalue weighted by atomic mass is 19.1. The monoisotopic (exact) mass is 365 g/mol. The first-order valence-electron chi connectivity index (χ1n) is 9.30. The van der Waals surface area contributed by atoms with Crippen LogP contribution in [0, 0.1) is 12.7 Å². The van der Waals surface area contributed by atoms with Gasteiger partial charge in [0, 0.05) is 44.2 Å². The second-order valence-electron chi connectivity index (χ2n) is 7.03. The molecule has 2 aromatic carbocycles. The van der Waals surface area contributed by atoms with Crippen molar-refractivity contribution >= 4 is 16.6 Å². The SMILES string of the molecule is COc1cc(F)ccc1N1CCN(Cc2ccc3cccc(C)c3n2)CC1. The maximum Gasteiger partial charge on any atom is 0.145 e. The average Bonchev–Trinajstić information content (AvgIpc) is 2.69.